The summed E-state index contributed by atoms with van der Waals surface area (Å²) in [5, 5.41) is 2.83. The van der Waals surface area contributed by atoms with Gasteiger partial charge in [-0.05, 0) is 48.4 Å². The third-order valence-corrected chi connectivity index (χ3v) is 5.15. The van der Waals surface area contributed by atoms with Crippen LogP contribution in [-0.2, 0) is 16.2 Å². The van der Waals surface area contributed by atoms with Crippen molar-refractivity contribution in [2.45, 2.75) is 13.5 Å². The molecule has 172 valence electrons. The summed E-state index contributed by atoms with van der Waals surface area (Å²) in [6.07, 6.45) is 3.20. The predicted molar refractivity (Wildman–Crippen MR) is 134 cm³/mol. The van der Waals surface area contributed by atoms with Crippen LogP contribution in [0.5, 0.6) is 11.5 Å². The normalized spacial score (nSPS) is 12.7. The van der Waals surface area contributed by atoms with E-state index in [-0.39, 0.29) is 18.4 Å². The lowest BCUT2D eigenvalue weighted by atomic mass is 10.2. The summed E-state index contributed by atoms with van der Waals surface area (Å²) in [6.45, 7) is 6.64. The minimum Gasteiger partial charge on any atom is -0.489 e. The average molecular weight is 455 g/mol. The standard InChI is InChI=1S/C28H26N2O4/c1-20(2)17-30-25-14-11-23(16-26(25)34-19-28(30)32)29-27(31)15-10-21-8-12-24(13-9-21)33-18-22-6-4-3-5-7-22/h3-16H,1,17-19H2,2H3,(H,29,31)/b15-10+. The summed E-state index contributed by atoms with van der Waals surface area (Å²) >= 11 is 0. The van der Waals surface area contributed by atoms with Gasteiger partial charge in [0.25, 0.3) is 5.91 Å². The number of ether oxygens (including phenoxy) is 2. The number of carbonyl (C=O) groups excluding carboxylic acids is 2. The Labute approximate surface area is 199 Å². The van der Waals surface area contributed by atoms with Gasteiger partial charge in [0.05, 0.1) is 5.69 Å². The molecule has 2 amide bonds. The predicted octanol–water partition coefficient (Wildman–Crippen LogP) is 5.22. The zero-order chi connectivity index (χ0) is 23.9. The first-order chi connectivity index (χ1) is 16.5. The van der Waals surface area contributed by atoms with Crippen LogP contribution in [0.1, 0.15) is 18.1 Å². The number of nitrogens with zero attached hydrogens (tertiary/aromatic N) is 1. The fourth-order valence-corrected chi connectivity index (χ4v) is 3.50. The maximum atomic E-state index is 12.4. The summed E-state index contributed by atoms with van der Waals surface area (Å²) in [7, 11) is 0. The molecular weight excluding hydrogens is 428 g/mol. The molecule has 0 bridgehead atoms. The second-order valence-corrected chi connectivity index (χ2v) is 8.07. The minimum absolute atomic E-state index is 0.0390. The number of anilines is 2. The SMILES string of the molecule is C=C(C)CN1C(=O)COc2cc(NC(=O)/C=C/c3ccc(OCc4ccccc4)cc3)ccc21. The van der Waals surface area contributed by atoms with Crippen LogP contribution in [0.25, 0.3) is 6.08 Å². The van der Waals surface area contributed by atoms with E-state index >= 15 is 0 Å². The molecule has 1 heterocycles. The fraction of sp³-hybridized carbons (Fsp3) is 0.143. The van der Waals surface area contributed by atoms with Gasteiger partial charge in [-0.15, -0.1) is 0 Å². The molecule has 0 spiro atoms. The largest absolute Gasteiger partial charge is 0.489 e. The summed E-state index contributed by atoms with van der Waals surface area (Å²) in [5.74, 6) is 0.925. The van der Waals surface area contributed by atoms with Crippen LogP contribution >= 0.6 is 0 Å². The van der Waals surface area contributed by atoms with E-state index in [0.29, 0.717) is 30.3 Å². The topological polar surface area (TPSA) is 67.9 Å². The van der Waals surface area contributed by atoms with Crippen molar-refractivity contribution in [2.75, 3.05) is 23.4 Å². The molecule has 3 aromatic carbocycles. The maximum absolute atomic E-state index is 12.4. The highest BCUT2D eigenvalue weighted by molar-refractivity contribution is 6.03. The smallest absolute Gasteiger partial charge is 0.265 e. The van der Waals surface area contributed by atoms with Gasteiger partial charge in [-0.1, -0.05) is 54.6 Å². The molecule has 1 aliphatic heterocycles. The number of hydrogen-bond donors (Lipinski definition) is 1. The minimum atomic E-state index is -0.268. The highest BCUT2D eigenvalue weighted by Crippen LogP contribution is 2.34. The number of rotatable bonds is 8. The average Bonchev–Trinajstić information content (AvgIpc) is 2.84. The Bertz CT molecular complexity index is 1220. The van der Waals surface area contributed by atoms with Crippen LogP contribution in [0.4, 0.5) is 11.4 Å². The Morgan fingerprint density at radius 3 is 2.62 bits per heavy atom. The van der Waals surface area contributed by atoms with Crippen LogP contribution < -0.4 is 19.7 Å². The summed E-state index contributed by atoms with van der Waals surface area (Å²) < 4.78 is 11.3. The van der Waals surface area contributed by atoms with Crippen molar-refractivity contribution in [3.63, 3.8) is 0 Å². The van der Waals surface area contributed by atoms with Crippen molar-refractivity contribution in [2.24, 2.45) is 0 Å². The first-order valence-corrected chi connectivity index (χ1v) is 11.0. The Hall–Kier alpha value is -4.32. The van der Waals surface area contributed by atoms with E-state index in [0.717, 1.165) is 22.4 Å². The van der Waals surface area contributed by atoms with E-state index in [9.17, 15) is 9.59 Å². The molecule has 0 saturated carbocycles. The molecule has 0 unspecified atom stereocenters. The first kappa shape index (κ1) is 22.9. The number of amides is 2. The second-order valence-electron chi connectivity index (χ2n) is 8.07. The first-order valence-electron chi connectivity index (χ1n) is 11.0. The quantitative estimate of drug-likeness (QED) is 0.374. The van der Waals surface area contributed by atoms with Gasteiger partial charge in [0, 0.05) is 24.4 Å². The molecule has 0 aliphatic carbocycles. The Kier molecular flexibility index (Phi) is 7.08. The van der Waals surface area contributed by atoms with Gasteiger partial charge in [0.2, 0.25) is 5.91 Å². The van der Waals surface area contributed by atoms with Gasteiger partial charge < -0.3 is 19.7 Å². The van der Waals surface area contributed by atoms with E-state index in [1.807, 2.05) is 61.5 Å². The molecule has 4 rings (SSSR count). The van der Waals surface area contributed by atoms with Crippen LogP contribution in [0, 0.1) is 0 Å². The monoisotopic (exact) mass is 454 g/mol. The van der Waals surface area contributed by atoms with Crippen LogP contribution in [0.3, 0.4) is 0 Å². The number of benzene rings is 3. The second kappa shape index (κ2) is 10.5. The molecule has 6 nitrogen and oxygen atoms in total. The molecule has 1 N–H and O–H groups in total. The lowest BCUT2D eigenvalue weighted by Gasteiger charge is -2.29. The molecule has 0 radical (unpaired) electrons. The van der Waals surface area contributed by atoms with Gasteiger partial charge in [0.1, 0.15) is 18.1 Å². The van der Waals surface area contributed by atoms with E-state index < -0.39 is 0 Å². The fourth-order valence-electron chi connectivity index (χ4n) is 3.50. The van der Waals surface area contributed by atoms with Gasteiger partial charge >= 0.3 is 0 Å². The van der Waals surface area contributed by atoms with Crippen molar-refractivity contribution in [1.29, 1.82) is 0 Å². The lowest BCUT2D eigenvalue weighted by molar-refractivity contribution is -0.121. The third-order valence-electron chi connectivity index (χ3n) is 5.15. The van der Waals surface area contributed by atoms with Crippen molar-refractivity contribution >= 4 is 29.3 Å². The van der Waals surface area contributed by atoms with Crippen LogP contribution in [-0.4, -0.2) is 25.0 Å². The van der Waals surface area contributed by atoms with Crippen molar-refractivity contribution in [3.8, 4) is 11.5 Å². The molecule has 0 atom stereocenters. The Balaban J connectivity index is 1.34. The number of nitrogens with one attached hydrogen (secondary N) is 1. The zero-order valence-electron chi connectivity index (χ0n) is 19.0. The van der Waals surface area contributed by atoms with Crippen molar-refractivity contribution in [1.82, 2.24) is 0 Å². The molecule has 6 heteroatoms. The zero-order valence-corrected chi connectivity index (χ0v) is 19.0. The summed E-state index contributed by atoms with van der Waals surface area (Å²) in [6, 6.07) is 22.7. The van der Waals surface area contributed by atoms with E-state index in [1.165, 1.54) is 6.08 Å². The summed E-state index contributed by atoms with van der Waals surface area (Å²) in [5.41, 5.74) is 4.11. The Morgan fingerprint density at radius 2 is 1.88 bits per heavy atom. The Morgan fingerprint density at radius 1 is 1.12 bits per heavy atom. The molecule has 34 heavy (non-hydrogen) atoms. The van der Waals surface area contributed by atoms with Crippen molar-refractivity contribution < 1.29 is 19.1 Å². The van der Waals surface area contributed by atoms with Gasteiger partial charge in [-0.3, -0.25) is 9.59 Å². The molecule has 0 aromatic heterocycles. The van der Waals surface area contributed by atoms with E-state index in [4.69, 9.17) is 9.47 Å². The number of hydrogen-bond acceptors (Lipinski definition) is 4. The van der Waals surface area contributed by atoms with Gasteiger partial charge in [0.15, 0.2) is 6.61 Å². The highest BCUT2D eigenvalue weighted by Gasteiger charge is 2.25. The molecule has 0 saturated heterocycles. The highest BCUT2D eigenvalue weighted by atomic mass is 16.5. The molecule has 3 aromatic rings. The lowest BCUT2D eigenvalue weighted by Crippen LogP contribution is -2.39. The van der Waals surface area contributed by atoms with Crippen molar-refractivity contribution in [3.05, 3.63) is 102 Å². The number of fused-ring (bicyclic) bond motifs is 1. The van der Waals surface area contributed by atoms with Gasteiger partial charge in [-0.2, -0.15) is 0 Å². The van der Waals surface area contributed by atoms with Gasteiger partial charge in [-0.25, -0.2) is 0 Å². The third kappa shape index (κ3) is 5.92. The van der Waals surface area contributed by atoms with E-state index in [2.05, 4.69) is 11.9 Å². The van der Waals surface area contributed by atoms with Crippen LogP contribution in [0.15, 0.2) is 91.0 Å². The van der Waals surface area contributed by atoms with E-state index in [1.54, 1.807) is 29.2 Å². The molecule has 0 fully saturated rings. The number of carbonyl (C=O) groups is 2. The van der Waals surface area contributed by atoms with Crippen LogP contribution in [0.2, 0.25) is 0 Å². The maximum Gasteiger partial charge on any atom is 0.265 e. The summed E-state index contributed by atoms with van der Waals surface area (Å²) in [4.78, 5) is 26.2. The molecular formula is C28H26N2O4. The molecule has 1 aliphatic rings.